The minimum Gasteiger partial charge on any atom is -0.486 e. The van der Waals surface area contributed by atoms with Gasteiger partial charge >= 0.3 is 0 Å². The van der Waals surface area contributed by atoms with Crippen molar-refractivity contribution >= 4 is 12.3 Å². The van der Waals surface area contributed by atoms with Crippen molar-refractivity contribution in [1.82, 2.24) is 0 Å². The van der Waals surface area contributed by atoms with E-state index >= 15 is 0 Å². The van der Waals surface area contributed by atoms with E-state index in [2.05, 4.69) is 32.3 Å². The number of carbonyl (C=O) groups excluding carboxylic acids is 1. The van der Waals surface area contributed by atoms with Crippen LogP contribution in [-0.2, 0) is 16.0 Å². The number of hydrogen-bond acceptors (Lipinski definition) is 6. The van der Waals surface area contributed by atoms with E-state index < -0.39 is 0 Å². The zero-order chi connectivity index (χ0) is 26.9. The molecule has 0 bridgehead atoms. The molecule has 198 valence electrons. The Hall–Kier alpha value is -4.27. The second-order valence-corrected chi connectivity index (χ2v) is 8.88. The first kappa shape index (κ1) is 26.8. The summed E-state index contributed by atoms with van der Waals surface area (Å²) < 4.78 is 31.2. The SMILES string of the molecule is CCOC=O.CN=N/N=C(\N)c1ccc(Oc2ccc(F)c3c2CCC3Oc2ccc(C3CC3)cc2)cc1. The van der Waals surface area contributed by atoms with Gasteiger partial charge in [-0.2, -0.15) is 5.11 Å². The predicted octanol–water partition coefficient (Wildman–Crippen LogP) is 6.44. The van der Waals surface area contributed by atoms with E-state index in [4.69, 9.17) is 15.2 Å². The van der Waals surface area contributed by atoms with Gasteiger partial charge in [0.05, 0.1) is 13.7 Å². The van der Waals surface area contributed by atoms with E-state index in [0.717, 1.165) is 11.3 Å². The topological polar surface area (TPSA) is 108 Å². The van der Waals surface area contributed by atoms with Gasteiger partial charge in [-0.25, -0.2) is 4.39 Å². The van der Waals surface area contributed by atoms with Gasteiger partial charge in [0.2, 0.25) is 0 Å². The lowest BCUT2D eigenvalue weighted by molar-refractivity contribution is -0.128. The van der Waals surface area contributed by atoms with Crippen LogP contribution in [0.25, 0.3) is 0 Å². The second kappa shape index (κ2) is 12.8. The van der Waals surface area contributed by atoms with Crippen molar-refractivity contribution in [2.45, 2.75) is 44.6 Å². The molecule has 8 nitrogen and oxygen atoms in total. The number of fused-ring (bicyclic) bond motifs is 1. The zero-order valence-corrected chi connectivity index (χ0v) is 21.5. The number of halogens is 1. The number of ether oxygens (including phenoxy) is 3. The molecule has 0 heterocycles. The van der Waals surface area contributed by atoms with Crippen molar-refractivity contribution in [3.63, 3.8) is 0 Å². The first-order valence-corrected chi connectivity index (χ1v) is 12.6. The lowest BCUT2D eigenvalue weighted by Crippen LogP contribution is -2.12. The molecule has 2 N–H and O–H groups in total. The fourth-order valence-corrected chi connectivity index (χ4v) is 4.29. The molecule has 9 heteroatoms. The first-order chi connectivity index (χ1) is 18.5. The largest absolute Gasteiger partial charge is 0.486 e. The van der Waals surface area contributed by atoms with Gasteiger partial charge in [0.1, 0.15) is 29.2 Å². The Morgan fingerprint density at radius 1 is 1.03 bits per heavy atom. The second-order valence-electron chi connectivity index (χ2n) is 8.88. The third kappa shape index (κ3) is 6.73. The summed E-state index contributed by atoms with van der Waals surface area (Å²) in [5, 5.41) is 10.9. The minimum absolute atomic E-state index is 0.264. The summed E-state index contributed by atoms with van der Waals surface area (Å²) in [6, 6.07) is 18.5. The van der Waals surface area contributed by atoms with Crippen LogP contribution in [0.4, 0.5) is 4.39 Å². The Balaban J connectivity index is 0.000000617. The van der Waals surface area contributed by atoms with Crippen LogP contribution in [0, 0.1) is 5.82 Å². The highest BCUT2D eigenvalue weighted by Gasteiger charge is 2.31. The molecular weight excluding hydrogens is 487 g/mol. The van der Waals surface area contributed by atoms with Crippen LogP contribution >= 0.6 is 0 Å². The van der Waals surface area contributed by atoms with E-state index in [1.807, 2.05) is 12.1 Å². The molecule has 1 atom stereocenters. The summed E-state index contributed by atoms with van der Waals surface area (Å²) in [5.74, 6) is 2.72. The van der Waals surface area contributed by atoms with Crippen molar-refractivity contribution in [3.05, 3.63) is 88.7 Å². The van der Waals surface area contributed by atoms with Gasteiger partial charge in [0, 0.05) is 16.7 Å². The molecular formula is C29H31FN4O4. The van der Waals surface area contributed by atoms with Crippen molar-refractivity contribution in [2.75, 3.05) is 13.7 Å². The average molecular weight is 519 g/mol. The normalized spacial score (nSPS) is 16.4. The standard InChI is InChI=1S/C26H25FN4O2.C3H6O2/c1-29-31-30-26(28)18-6-10-19(11-7-18)32-23-15-13-22(27)25-21(23)12-14-24(25)33-20-8-4-17(5-9-20)16-2-3-16;1-2-5-3-4/h4-11,13,15-16,24H,2-3,12,14H2,1H3,(H2,28,29,30);3H,2H2,1H3. The Morgan fingerprint density at radius 2 is 1.74 bits per heavy atom. The summed E-state index contributed by atoms with van der Waals surface area (Å²) in [7, 11) is 1.52. The molecule has 0 saturated heterocycles. The van der Waals surface area contributed by atoms with E-state index in [1.165, 1.54) is 31.5 Å². The maximum absolute atomic E-state index is 14.8. The van der Waals surface area contributed by atoms with Crippen LogP contribution < -0.4 is 15.2 Å². The van der Waals surface area contributed by atoms with Gasteiger partial charge in [-0.1, -0.05) is 12.1 Å². The molecule has 0 radical (unpaired) electrons. The van der Waals surface area contributed by atoms with Crippen molar-refractivity contribution in [1.29, 1.82) is 0 Å². The fourth-order valence-electron chi connectivity index (χ4n) is 4.29. The average Bonchev–Trinajstić information content (AvgIpc) is 3.70. The van der Waals surface area contributed by atoms with E-state index in [-0.39, 0.29) is 17.8 Å². The Morgan fingerprint density at radius 3 is 2.34 bits per heavy atom. The van der Waals surface area contributed by atoms with Crippen LogP contribution in [0.2, 0.25) is 0 Å². The lowest BCUT2D eigenvalue weighted by atomic mass is 10.1. The fraction of sp³-hybridized carbons (Fsp3) is 0.310. The van der Waals surface area contributed by atoms with Crippen LogP contribution in [0.3, 0.4) is 0 Å². The quantitative estimate of drug-likeness (QED) is 0.115. The molecule has 0 amide bonds. The molecule has 2 aliphatic rings. The molecule has 2 aliphatic carbocycles. The van der Waals surface area contributed by atoms with Crippen LogP contribution in [0.1, 0.15) is 60.5 Å². The number of benzene rings is 3. The maximum atomic E-state index is 14.8. The molecule has 1 unspecified atom stereocenters. The Labute approximate surface area is 221 Å². The van der Waals surface area contributed by atoms with Crippen molar-refractivity contribution in [2.24, 2.45) is 21.2 Å². The van der Waals surface area contributed by atoms with Gasteiger partial charge in [-0.15, -0.1) is 5.10 Å². The number of nitrogens with zero attached hydrogens (tertiary/aromatic N) is 3. The summed E-state index contributed by atoms with van der Waals surface area (Å²) in [5.41, 5.74) is 9.37. The highest BCUT2D eigenvalue weighted by atomic mass is 19.1. The maximum Gasteiger partial charge on any atom is 0.293 e. The monoisotopic (exact) mass is 518 g/mol. The molecule has 1 saturated carbocycles. The number of amidine groups is 1. The van der Waals surface area contributed by atoms with Crippen molar-refractivity contribution in [3.8, 4) is 17.2 Å². The summed E-state index contributed by atoms with van der Waals surface area (Å²) in [6.45, 7) is 2.66. The smallest absolute Gasteiger partial charge is 0.293 e. The van der Waals surface area contributed by atoms with Crippen molar-refractivity contribution < 1.29 is 23.4 Å². The highest BCUT2D eigenvalue weighted by Crippen LogP contribution is 2.43. The molecule has 0 aromatic heterocycles. The van der Waals surface area contributed by atoms with Gasteiger partial charge in [-0.05, 0) is 97.8 Å². The third-order valence-electron chi connectivity index (χ3n) is 6.30. The number of nitrogens with two attached hydrogens (primary N) is 1. The molecule has 0 aliphatic heterocycles. The van der Waals surface area contributed by atoms with Gasteiger partial charge < -0.3 is 19.9 Å². The number of rotatable bonds is 9. The first-order valence-electron chi connectivity index (χ1n) is 12.6. The summed E-state index contributed by atoms with van der Waals surface area (Å²) in [6.07, 6.45) is 3.58. The molecule has 3 aromatic rings. The van der Waals surface area contributed by atoms with E-state index in [1.54, 1.807) is 37.3 Å². The van der Waals surface area contributed by atoms with Gasteiger partial charge in [-0.3, -0.25) is 4.79 Å². The van der Waals surface area contributed by atoms with E-state index in [9.17, 15) is 9.18 Å². The zero-order valence-electron chi connectivity index (χ0n) is 21.5. The molecule has 0 spiro atoms. The van der Waals surface area contributed by atoms with E-state index in [0.29, 0.717) is 54.5 Å². The van der Waals surface area contributed by atoms with Gasteiger partial charge in [0.25, 0.3) is 6.47 Å². The number of carbonyl (C=O) groups is 1. The summed E-state index contributed by atoms with van der Waals surface area (Å²) >= 11 is 0. The highest BCUT2D eigenvalue weighted by molar-refractivity contribution is 5.97. The molecule has 3 aromatic carbocycles. The number of hydrogen-bond donors (Lipinski definition) is 1. The molecule has 5 rings (SSSR count). The lowest BCUT2D eigenvalue weighted by Gasteiger charge is -2.17. The summed E-state index contributed by atoms with van der Waals surface area (Å²) in [4.78, 5) is 9.18. The Kier molecular flexibility index (Phi) is 9.02. The molecule has 38 heavy (non-hydrogen) atoms. The predicted molar refractivity (Wildman–Crippen MR) is 142 cm³/mol. The van der Waals surface area contributed by atoms with Gasteiger partial charge in [0.15, 0.2) is 5.84 Å². The Bertz CT molecular complexity index is 1290. The van der Waals surface area contributed by atoms with Crippen LogP contribution in [-0.4, -0.2) is 26.0 Å². The van der Waals surface area contributed by atoms with Crippen LogP contribution in [0.5, 0.6) is 17.2 Å². The van der Waals surface area contributed by atoms with Crippen LogP contribution in [0.15, 0.2) is 76.1 Å². The minimum atomic E-state index is -0.332. The molecule has 1 fully saturated rings. The third-order valence-corrected chi connectivity index (χ3v) is 6.30.